The SMILES string of the molecule is CC1(C)CSCC(NCCNC(=O)C2CC2)C1. The standard InChI is InChI=1S/C13H24N2OS/c1-13(2)7-11(8-17-9-13)14-5-6-15-12(16)10-3-4-10/h10-11,14H,3-9H2,1-2H3,(H,15,16). The number of thioether (sulfide) groups is 1. The van der Waals surface area contributed by atoms with E-state index in [1.54, 1.807) is 0 Å². The molecule has 4 heteroatoms. The van der Waals surface area contributed by atoms with Crippen LogP contribution in [0.4, 0.5) is 0 Å². The van der Waals surface area contributed by atoms with Crippen molar-refractivity contribution in [1.29, 1.82) is 0 Å². The number of rotatable bonds is 5. The summed E-state index contributed by atoms with van der Waals surface area (Å²) in [5.41, 5.74) is 0.456. The van der Waals surface area contributed by atoms with Crippen LogP contribution in [-0.4, -0.2) is 36.5 Å². The monoisotopic (exact) mass is 256 g/mol. The largest absolute Gasteiger partial charge is 0.355 e. The molecule has 2 rings (SSSR count). The van der Waals surface area contributed by atoms with E-state index < -0.39 is 0 Å². The van der Waals surface area contributed by atoms with Gasteiger partial charge in [-0.2, -0.15) is 11.8 Å². The number of hydrogen-bond donors (Lipinski definition) is 2. The highest BCUT2D eigenvalue weighted by atomic mass is 32.2. The Morgan fingerprint density at radius 2 is 2.12 bits per heavy atom. The molecule has 1 saturated heterocycles. The van der Waals surface area contributed by atoms with Gasteiger partial charge in [0.2, 0.25) is 5.91 Å². The first-order valence-corrected chi connectivity index (χ1v) is 7.81. The maximum Gasteiger partial charge on any atom is 0.223 e. The van der Waals surface area contributed by atoms with Crippen molar-refractivity contribution in [2.75, 3.05) is 24.6 Å². The van der Waals surface area contributed by atoms with Crippen molar-refractivity contribution < 1.29 is 4.79 Å². The summed E-state index contributed by atoms with van der Waals surface area (Å²) in [6, 6.07) is 0.613. The normalized spacial score (nSPS) is 27.8. The third kappa shape index (κ3) is 4.51. The highest BCUT2D eigenvalue weighted by Crippen LogP contribution is 2.33. The van der Waals surface area contributed by atoms with E-state index in [9.17, 15) is 4.79 Å². The van der Waals surface area contributed by atoms with Gasteiger partial charge in [-0.3, -0.25) is 4.79 Å². The molecule has 0 spiro atoms. The fourth-order valence-corrected chi connectivity index (χ4v) is 3.65. The Bertz CT molecular complexity index is 277. The Labute approximate surface area is 108 Å². The molecule has 0 radical (unpaired) electrons. The van der Waals surface area contributed by atoms with Gasteiger partial charge in [-0.15, -0.1) is 0 Å². The van der Waals surface area contributed by atoms with Crippen LogP contribution in [0.25, 0.3) is 0 Å². The fraction of sp³-hybridized carbons (Fsp3) is 0.923. The van der Waals surface area contributed by atoms with Gasteiger partial charge >= 0.3 is 0 Å². The smallest absolute Gasteiger partial charge is 0.223 e. The summed E-state index contributed by atoms with van der Waals surface area (Å²) in [4.78, 5) is 11.4. The van der Waals surface area contributed by atoms with Crippen LogP contribution in [-0.2, 0) is 4.79 Å². The van der Waals surface area contributed by atoms with E-state index in [-0.39, 0.29) is 5.91 Å². The third-order valence-corrected chi connectivity index (χ3v) is 5.04. The Morgan fingerprint density at radius 1 is 1.35 bits per heavy atom. The van der Waals surface area contributed by atoms with Crippen LogP contribution in [0.1, 0.15) is 33.1 Å². The first-order chi connectivity index (χ1) is 8.07. The maximum absolute atomic E-state index is 11.4. The first kappa shape index (κ1) is 13.2. The molecule has 98 valence electrons. The molecular formula is C13H24N2OS. The van der Waals surface area contributed by atoms with E-state index >= 15 is 0 Å². The van der Waals surface area contributed by atoms with Crippen LogP contribution in [0.15, 0.2) is 0 Å². The van der Waals surface area contributed by atoms with Gasteiger partial charge in [0, 0.05) is 30.8 Å². The molecule has 1 unspecified atom stereocenters. The first-order valence-electron chi connectivity index (χ1n) is 6.66. The highest BCUT2D eigenvalue weighted by molar-refractivity contribution is 7.99. The molecule has 1 amide bonds. The van der Waals surface area contributed by atoms with Crippen LogP contribution < -0.4 is 10.6 Å². The van der Waals surface area contributed by atoms with Gasteiger partial charge in [-0.1, -0.05) is 13.8 Å². The average molecular weight is 256 g/mol. The predicted octanol–water partition coefficient (Wildman–Crippen LogP) is 1.63. The van der Waals surface area contributed by atoms with Crippen LogP contribution in [0.3, 0.4) is 0 Å². The predicted molar refractivity (Wildman–Crippen MR) is 73.2 cm³/mol. The zero-order chi connectivity index (χ0) is 12.3. The van der Waals surface area contributed by atoms with Crippen LogP contribution >= 0.6 is 11.8 Å². The van der Waals surface area contributed by atoms with Crippen molar-refractivity contribution in [2.24, 2.45) is 11.3 Å². The Hall–Kier alpha value is -0.220. The Morgan fingerprint density at radius 3 is 2.76 bits per heavy atom. The van der Waals surface area contributed by atoms with E-state index in [0.717, 1.165) is 25.9 Å². The maximum atomic E-state index is 11.4. The summed E-state index contributed by atoms with van der Waals surface area (Å²) in [6.45, 7) is 6.35. The third-order valence-electron chi connectivity index (χ3n) is 3.42. The minimum atomic E-state index is 0.255. The van der Waals surface area contributed by atoms with Gasteiger partial charge in [0.25, 0.3) is 0 Å². The molecule has 1 aliphatic carbocycles. The zero-order valence-corrected chi connectivity index (χ0v) is 11.7. The van der Waals surface area contributed by atoms with Gasteiger partial charge in [0.1, 0.15) is 0 Å². The van der Waals surface area contributed by atoms with Crippen LogP contribution in [0.2, 0.25) is 0 Å². The van der Waals surface area contributed by atoms with E-state index in [2.05, 4.69) is 24.5 Å². The molecular weight excluding hydrogens is 232 g/mol. The molecule has 2 N–H and O–H groups in total. The molecule has 1 heterocycles. The number of carbonyl (C=O) groups is 1. The highest BCUT2D eigenvalue weighted by Gasteiger charge is 2.29. The Kier molecular flexibility index (Phi) is 4.36. The molecule has 1 aliphatic heterocycles. The fourth-order valence-electron chi connectivity index (χ4n) is 2.35. The minimum Gasteiger partial charge on any atom is -0.355 e. The van der Waals surface area contributed by atoms with E-state index in [1.807, 2.05) is 11.8 Å². The van der Waals surface area contributed by atoms with Gasteiger partial charge in [0.05, 0.1) is 0 Å². The summed E-state index contributed by atoms with van der Waals surface area (Å²) < 4.78 is 0. The summed E-state index contributed by atoms with van der Waals surface area (Å²) >= 11 is 2.04. The van der Waals surface area contributed by atoms with Gasteiger partial charge in [0.15, 0.2) is 0 Å². The lowest BCUT2D eigenvalue weighted by Gasteiger charge is -2.35. The summed E-state index contributed by atoms with van der Waals surface area (Å²) in [5.74, 6) is 3.06. The molecule has 0 aromatic heterocycles. The van der Waals surface area contributed by atoms with E-state index in [1.165, 1.54) is 17.9 Å². The zero-order valence-electron chi connectivity index (χ0n) is 10.9. The molecule has 17 heavy (non-hydrogen) atoms. The molecule has 2 aliphatic rings. The average Bonchev–Trinajstić information content (AvgIpc) is 3.06. The molecule has 3 nitrogen and oxygen atoms in total. The van der Waals surface area contributed by atoms with Gasteiger partial charge in [-0.05, 0) is 30.4 Å². The number of nitrogens with one attached hydrogen (secondary N) is 2. The molecule has 1 atom stereocenters. The second-order valence-electron chi connectivity index (χ2n) is 6.10. The number of amides is 1. The molecule has 2 fully saturated rings. The summed E-state index contributed by atoms with van der Waals surface area (Å²) in [6.07, 6.45) is 3.43. The number of hydrogen-bond acceptors (Lipinski definition) is 3. The van der Waals surface area contributed by atoms with Crippen molar-refractivity contribution in [3.8, 4) is 0 Å². The topological polar surface area (TPSA) is 41.1 Å². The molecule has 1 saturated carbocycles. The van der Waals surface area contributed by atoms with Crippen LogP contribution in [0.5, 0.6) is 0 Å². The summed E-state index contributed by atoms with van der Waals surface area (Å²) in [7, 11) is 0. The Balaban J connectivity index is 1.56. The van der Waals surface area contributed by atoms with E-state index in [4.69, 9.17) is 0 Å². The van der Waals surface area contributed by atoms with Crippen molar-refractivity contribution in [1.82, 2.24) is 10.6 Å². The second-order valence-corrected chi connectivity index (χ2v) is 7.13. The lowest BCUT2D eigenvalue weighted by atomic mass is 9.88. The molecule has 0 bridgehead atoms. The lowest BCUT2D eigenvalue weighted by molar-refractivity contribution is -0.122. The van der Waals surface area contributed by atoms with E-state index in [0.29, 0.717) is 17.4 Å². The lowest BCUT2D eigenvalue weighted by Crippen LogP contribution is -2.43. The van der Waals surface area contributed by atoms with Crippen LogP contribution in [0, 0.1) is 11.3 Å². The molecule has 0 aromatic rings. The van der Waals surface area contributed by atoms with Crippen molar-refractivity contribution in [3.63, 3.8) is 0 Å². The van der Waals surface area contributed by atoms with Crippen molar-refractivity contribution in [2.45, 2.75) is 39.2 Å². The molecule has 0 aromatic carbocycles. The summed E-state index contributed by atoms with van der Waals surface area (Å²) in [5, 5.41) is 6.55. The quantitative estimate of drug-likeness (QED) is 0.735. The van der Waals surface area contributed by atoms with Crippen molar-refractivity contribution >= 4 is 17.7 Å². The minimum absolute atomic E-state index is 0.255. The number of carbonyl (C=O) groups excluding carboxylic acids is 1. The van der Waals surface area contributed by atoms with Crippen molar-refractivity contribution in [3.05, 3.63) is 0 Å². The van der Waals surface area contributed by atoms with Gasteiger partial charge in [-0.25, -0.2) is 0 Å². The van der Waals surface area contributed by atoms with Gasteiger partial charge < -0.3 is 10.6 Å². The second kappa shape index (κ2) is 5.61.